The normalized spacial score (nSPS) is 14.7. The lowest BCUT2D eigenvalue weighted by Crippen LogP contribution is -2.15. The highest BCUT2D eigenvalue weighted by Crippen LogP contribution is 2.26. The van der Waals surface area contributed by atoms with Crippen LogP contribution in [0, 0.1) is 0 Å². The summed E-state index contributed by atoms with van der Waals surface area (Å²) in [4.78, 5) is 18.7. The number of thioether (sulfide) groups is 1. The summed E-state index contributed by atoms with van der Waals surface area (Å²) in [5.41, 5.74) is 7.65. The zero-order chi connectivity index (χ0) is 10.8. The van der Waals surface area contributed by atoms with Gasteiger partial charge in [0.2, 0.25) is 0 Å². The molecule has 0 aliphatic carbocycles. The molecular weight excluding hydrogens is 214 g/mol. The van der Waals surface area contributed by atoms with Gasteiger partial charge in [-0.2, -0.15) is 11.8 Å². The summed E-state index contributed by atoms with van der Waals surface area (Å²) in [6, 6.07) is 0. The van der Waals surface area contributed by atoms with Crippen molar-refractivity contribution in [1.29, 1.82) is 0 Å². The number of fused-ring (bicyclic) bond motifs is 1. The molecule has 2 heterocycles. The molecule has 1 aliphatic heterocycles. The number of aromatic nitrogens is 2. The highest BCUT2D eigenvalue weighted by atomic mass is 32.2. The smallest absolute Gasteiger partial charge is 0.311 e. The molecule has 1 aromatic heterocycles. The topological polar surface area (TPSA) is 89.1 Å². The second-order valence-electron chi connectivity index (χ2n) is 3.32. The zero-order valence-corrected chi connectivity index (χ0v) is 8.88. The Bertz CT molecular complexity index is 409. The fraction of sp³-hybridized carbons (Fsp3) is 0.444. The van der Waals surface area contributed by atoms with Crippen molar-refractivity contribution in [2.45, 2.75) is 18.6 Å². The first-order chi connectivity index (χ1) is 7.16. The number of nitrogens with two attached hydrogens (primary N) is 1. The Hall–Kier alpha value is -1.30. The largest absolute Gasteiger partial charge is 0.481 e. The maximum atomic E-state index is 10.5. The van der Waals surface area contributed by atoms with Gasteiger partial charge >= 0.3 is 5.97 Å². The molecule has 80 valence electrons. The van der Waals surface area contributed by atoms with Crippen molar-refractivity contribution in [3.05, 3.63) is 17.1 Å². The number of rotatable bonds is 2. The van der Waals surface area contributed by atoms with Gasteiger partial charge in [-0.05, 0) is 12.2 Å². The summed E-state index contributed by atoms with van der Waals surface area (Å²) in [5, 5.41) is 8.64. The van der Waals surface area contributed by atoms with E-state index in [4.69, 9.17) is 10.8 Å². The predicted octanol–water partition coefficient (Wildman–Crippen LogP) is 0.475. The molecule has 1 aliphatic rings. The van der Waals surface area contributed by atoms with Crippen LogP contribution in [0.4, 0.5) is 5.82 Å². The van der Waals surface area contributed by atoms with Crippen molar-refractivity contribution in [1.82, 2.24) is 9.97 Å². The Balaban J connectivity index is 2.36. The predicted molar refractivity (Wildman–Crippen MR) is 57.7 cm³/mol. The molecule has 0 spiro atoms. The van der Waals surface area contributed by atoms with E-state index in [-0.39, 0.29) is 6.42 Å². The van der Waals surface area contributed by atoms with E-state index in [1.54, 1.807) is 11.8 Å². The first-order valence-electron chi connectivity index (χ1n) is 4.60. The third-order valence-electron chi connectivity index (χ3n) is 2.22. The number of carbonyl (C=O) groups is 1. The molecule has 3 N–H and O–H groups in total. The molecule has 0 bridgehead atoms. The summed E-state index contributed by atoms with van der Waals surface area (Å²) >= 11 is 1.78. The number of hydrogen-bond donors (Lipinski definition) is 2. The van der Waals surface area contributed by atoms with Crippen LogP contribution in [0.15, 0.2) is 0 Å². The van der Waals surface area contributed by atoms with Gasteiger partial charge in [-0.15, -0.1) is 0 Å². The average Bonchev–Trinajstić information content (AvgIpc) is 2.16. The van der Waals surface area contributed by atoms with Crippen LogP contribution in [0.3, 0.4) is 0 Å². The van der Waals surface area contributed by atoms with Gasteiger partial charge in [0.05, 0.1) is 5.69 Å². The van der Waals surface area contributed by atoms with E-state index in [0.717, 1.165) is 29.2 Å². The van der Waals surface area contributed by atoms with Crippen LogP contribution >= 0.6 is 11.8 Å². The molecule has 15 heavy (non-hydrogen) atoms. The van der Waals surface area contributed by atoms with E-state index >= 15 is 0 Å². The van der Waals surface area contributed by atoms with Gasteiger partial charge in [0.25, 0.3) is 0 Å². The standard InChI is InChI=1S/C9H11N3O2S/c10-9-5-1-2-15-4-6(5)11-7(12-9)3-8(13)14/h1-4H2,(H,13,14)(H2,10,11,12). The van der Waals surface area contributed by atoms with Gasteiger partial charge in [-0.25, -0.2) is 9.97 Å². The van der Waals surface area contributed by atoms with Gasteiger partial charge in [0.1, 0.15) is 18.1 Å². The van der Waals surface area contributed by atoms with Gasteiger partial charge in [0.15, 0.2) is 0 Å². The molecule has 0 unspecified atom stereocenters. The maximum Gasteiger partial charge on any atom is 0.311 e. The maximum absolute atomic E-state index is 10.5. The summed E-state index contributed by atoms with van der Waals surface area (Å²) in [5.74, 6) is 1.64. The summed E-state index contributed by atoms with van der Waals surface area (Å²) in [6.45, 7) is 0. The van der Waals surface area contributed by atoms with Crippen LogP contribution in [-0.4, -0.2) is 26.8 Å². The van der Waals surface area contributed by atoms with Crippen molar-refractivity contribution in [2.75, 3.05) is 11.5 Å². The Morgan fingerprint density at radius 3 is 3.07 bits per heavy atom. The second-order valence-corrected chi connectivity index (χ2v) is 4.43. The molecule has 0 saturated carbocycles. The van der Waals surface area contributed by atoms with E-state index in [1.165, 1.54) is 0 Å². The summed E-state index contributed by atoms with van der Waals surface area (Å²) < 4.78 is 0. The van der Waals surface area contributed by atoms with E-state index in [2.05, 4.69) is 9.97 Å². The summed E-state index contributed by atoms with van der Waals surface area (Å²) in [6.07, 6.45) is 0.710. The van der Waals surface area contributed by atoms with Gasteiger partial charge < -0.3 is 10.8 Å². The highest BCUT2D eigenvalue weighted by molar-refractivity contribution is 7.98. The van der Waals surface area contributed by atoms with Crippen LogP contribution in [0.2, 0.25) is 0 Å². The molecule has 2 rings (SSSR count). The zero-order valence-electron chi connectivity index (χ0n) is 8.06. The number of anilines is 1. The van der Waals surface area contributed by atoms with E-state index < -0.39 is 5.97 Å². The minimum Gasteiger partial charge on any atom is -0.481 e. The molecule has 1 aromatic rings. The molecule has 5 nitrogen and oxygen atoms in total. The molecule has 0 radical (unpaired) electrons. The van der Waals surface area contributed by atoms with Crippen LogP contribution < -0.4 is 5.73 Å². The minimum atomic E-state index is -0.933. The van der Waals surface area contributed by atoms with Gasteiger partial charge in [-0.3, -0.25) is 4.79 Å². The lowest BCUT2D eigenvalue weighted by atomic mass is 10.1. The fourth-order valence-corrected chi connectivity index (χ4v) is 2.48. The van der Waals surface area contributed by atoms with Crippen molar-refractivity contribution in [2.24, 2.45) is 0 Å². The molecule has 0 saturated heterocycles. The highest BCUT2D eigenvalue weighted by Gasteiger charge is 2.17. The SMILES string of the molecule is Nc1nc(CC(=O)O)nc2c1CCSC2. The number of nitrogen functional groups attached to an aromatic ring is 1. The van der Waals surface area contributed by atoms with E-state index in [9.17, 15) is 4.79 Å². The summed E-state index contributed by atoms with van der Waals surface area (Å²) in [7, 11) is 0. The first-order valence-corrected chi connectivity index (χ1v) is 5.76. The third-order valence-corrected chi connectivity index (χ3v) is 3.19. The first kappa shape index (κ1) is 10.2. The van der Waals surface area contributed by atoms with Crippen molar-refractivity contribution < 1.29 is 9.90 Å². The third kappa shape index (κ3) is 2.20. The molecule has 6 heteroatoms. The molecular formula is C9H11N3O2S. The number of carboxylic acids is 1. The monoisotopic (exact) mass is 225 g/mol. The van der Waals surface area contributed by atoms with Crippen LogP contribution in [0.5, 0.6) is 0 Å². The number of carboxylic acid groups (broad SMARTS) is 1. The van der Waals surface area contributed by atoms with Crippen molar-refractivity contribution in [3.8, 4) is 0 Å². The Morgan fingerprint density at radius 2 is 2.33 bits per heavy atom. The van der Waals surface area contributed by atoms with Crippen molar-refractivity contribution >= 4 is 23.5 Å². The van der Waals surface area contributed by atoms with Crippen LogP contribution in [-0.2, 0) is 23.4 Å². The fourth-order valence-electron chi connectivity index (χ4n) is 1.55. The molecule has 0 amide bonds. The molecule has 0 aromatic carbocycles. The number of aliphatic carboxylic acids is 1. The quantitative estimate of drug-likeness (QED) is 0.760. The molecule has 0 atom stereocenters. The molecule has 0 fully saturated rings. The number of hydrogen-bond acceptors (Lipinski definition) is 5. The number of nitrogens with zero attached hydrogens (tertiary/aromatic N) is 2. The Labute approximate surface area is 91.1 Å². The van der Waals surface area contributed by atoms with Gasteiger partial charge in [-0.1, -0.05) is 0 Å². The van der Waals surface area contributed by atoms with E-state index in [0.29, 0.717) is 11.6 Å². The van der Waals surface area contributed by atoms with Crippen LogP contribution in [0.25, 0.3) is 0 Å². The Kier molecular flexibility index (Phi) is 2.77. The average molecular weight is 225 g/mol. The minimum absolute atomic E-state index is 0.165. The lowest BCUT2D eigenvalue weighted by molar-refractivity contribution is -0.136. The van der Waals surface area contributed by atoms with Crippen LogP contribution in [0.1, 0.15) is 17.1 Å². The van der Waals surface area contributed by atoms with Crippen molar-refractivity contribution in [3.63, 3.8) is 0 Å². The van der Waals surface area contributed by atoms with E-state index in [1.807, 2.05) is 0 Å². The van der Waals surface area contributed by atoms with Gasteiger partial charge in [0, 0.05) is 11.3 Å². The lowest BCUT2D eigenvalue weighted by Gasteiger charge is -2.16. The Morgan fingerprint density at radius 1 is 1.53 bits per heavy atom. The second kappa shape index (κ2) is 4.06.